The second kappa shape index (κ2) is 7.60. The number of rotatable bonds is 5. The van der Waals surface area contributed by atoms with E-state index in [1.165, 1.54) is 12.8 Å². The normalized spacial score (nSPS) is 19.9. The van der Waals surface area contributed by atoms with Gasteiger partial charge < -0.3 is 25.3 Å². The van der Waals surface area contributed by atoms with Gasteiger partial charge in [0.15, 0.2) is 0 Å². The summed E-state index contributed by atoms with van der Waals surface area (Å²) in [6.45, 7) is 2.23. The number of aromatic nitrogens is 1. The van der Waals surface area contributed by atoms with Crippen molar-refractivity contribution >= 4 is 28.5 Å². The molecule has 7 nitrogen and oxygen atoms in total. The summed E-state index contributed by atoms with van der Waals surface area (Å²) in [5.74, 6) is 0.573. The minimum Gasteiger partial charge on any atom is -0.376 e. The standard InChI is InChI=1S/C20H26N4O3/c1-21-19(25)18-10-14-9-15(6-7-17(14)23-18)22-20(26)24-8-2-3-16(11-24)27-12-13-4-5-13/h6-7,9-10,13,16,23H,2-5,8,11-12H2,1H3,(H,21,25)(H,22,26). The van der Waals surface area contributed by atoms with E-state index in [0.29, 0.717) is 12.2 Å². The summed E-state index contributed by atoms with van der Waals surface area (Å²) in [5, 5.41) is 6.45. The number of likely N-dealkylation sites (tertiary alicyclic amines) is 1. The Bertz CT molecular complexity index is 843. The van der Waals surface area contributed by atoms with E-state index in [1.807, 2.05) is 23.1 Å². The van der Waals surface area contributed by atoms with Crippen molar-refractivity contribution in [2.75, 3.05) is 32.1 Å². The zero-order valence-corrected chi connectivity index (χ0v) is 15.6. The molecule has 1 unspecified atom stereocenters. The molecule has 27 heavy (non-hydrogen) atoms. The van der Waals surface area contributed by atoms with E-state index in [9.17, 15) is 9.59 Å². The lowest BCUT2D eigenvalue weighted by molar-refractivity contribution is 0.00597. The number of aromatic amines is 1. The Kier molecular flexibility index (Phi) is 5.03. The number of ether oxygens (including phenoxy) is 1. The van der Waals surface area contributed by atoms with Crippen LogP contribution in [0.25, 0.3) is 10.9 Å². The minimum atomic E-state index is -0.164. The molecular formula is C20H26N4O3. The Balaban J connectivity index is 1.38. The van der Waals surface area contributed by atoms with Crippen molar-refractivity contribution in [3.63, 3.8) is 0 Å². The molecule has 2 aromatic rings. The van der Waals surface area contributed by atoms with Gasteiger partial charge in [0, 0.05) is 43.3 Å². The molecule has 1 aliphatic carbocycles. The van der Waals surface area contributed by atoms with E-state index in [4.69, 9.17) is 4.74 Å². The maximum atomic E-state index is 12.6. The van der Waals surface area contributed by atoms with Gasteiger partial charge in [0.1, 0.15) is 5.69 Å². The third-order valence-electron chi connectivity index (χ3n) is 5.27. The lowest BCUT2D eigenvalue weighted by atomic mass is 10.1. The third kappa shape index (κ3) is 4.24. The van der Waals surface area contributed by atoms with E-state index in [2.05, 4.69) is 15.6 Å². The lowest BCUT2D eigenvalue weighted by Crippen LogP contribution is -2.45. The predicted molar refractivity (Wildman–Crippen MR) is 104 cm³/mol. The van der Waals surface area contributed by atoms with Crippen molar-refractivity contribution in [3.05, 3.63) is 30.0 Å². The van der Waals surface area contributed by atoms with Crippen LogP contribution in [-0.4, -0.2) is 54.7 Å². The Morgan fingerprint density at radius 2 is 2.11 bits per heavy atom. The quantitative estimate of drug-likeness (QED) is 0.756. The van der Waals surface area contributed by atoms with Gasteiger partial charge in [-0.3, -0.25) is 4.79 Å². The number of nitrogens with one attached hydrogen (secondary N) is 3. The van der Waals surface area contributed by atoms with Crippen LogP contribution < -0.4 is 10.6 Å². The number of benzene rings is 1. The van der Waals surface area contributed by atoms with E-state index in [0.717, 1.165) is 48.5 Å². The molecule has 2 aliphatic rings. The summed E-state index contributed by atoms with van der Waals surface area (Å²) >= 11 is 0. The Labute approximate surface area is 158 Å². The summed E-state index contributed by atoms with van der Waals surface area (Å²) in [4.78, 5) is 29.3. The molecule has 0 spiro atoms. The SMILES string of the molecule is CNC(=O)c1cc2cc(NC(=O)N3CCCC(OCC4CC4)C3)ccc2[nH]1. The molecule has 3 N–H and O–H groups in total. The van der Waals surface area contributed by atoms with Crippen LogP contribution in [0.2, 0.25) is 0 Å². The summed E-state index contributed by atoms with van der Waals surface area (Å²) < 4.78 is 5.97. The number of carbonyl (C=O) groups excluding carboxylic acids is 2. The summed E-state index contributed by atoms with van der Waals surface area (Å²) in [6, 6.07) is 7.27. The maximum absolute atomic E-state index is 12.6. The average Bonchev–Trinajstić information content (AvgIpc) is 3.43. The molecular weight excluding hydrogens is 344 g/mol. The molecule has 144 valence electrons. The number of hydrogen-bond donors (Lipinski definition) is 3. The Morgan fingerprint density at radius 3 is 2.89 bits per heavy atom. The van der Waals surface area contributed by atoms with Crippen LogP contribution in [0.4, 0.5) is 10.5 Å². The average molecular weight is 370 g/mol. The molecule has 1 aliphatic heterocycles. The highest BCUT2D eigenvalue weighted by Crippen LogP contribution is 2.30. The number of amides is 3. The largest absolute Gasteiger partial charge is 0.376 e. The minimum absolute atomic E-state index is 0.101. The van der Waals surface area contributed by atoms with Gasteiger partial charge in [0.05, 0.1) is 6.10 Å². The van der Waals surface area contributed by atoms with Crippen molar-refractivity contribution in [3.8, 4) is 0 Å². The smallest absolute Gasteiger partial charge is 0.321 e. The lowest BCUT2D eigenvalue weighted by Gasteiger charge is -2.32. The molecule has 2 heterocycles. The molecule has 2 fully saturated rings. The zero-order chi connectivity index (χ0) is 18.8. The molecule has 0 bridgehead atoms. The van der Waals surface area contributed by atoms with E-state index >= 15 is 0 Å². The van der Waals surface area contributed by atoms with Crippen LogP contribution in [0, 0.1) is 5.92 Å². The highest BCUT2D eigenvalue weighted by atomic mass is 16.5. The van der Waals surface area contributed by atoms with Crippen LogP contribution >= 0.6 is 0 Å². The third-order valence-corrected chi connectivity index (χ3v) is 5.27. The first-order chi connectivity index (χ1) is 13.1. The fourth-order valence-corrected chi connectivity index (χ4v) is 3.49. The first-order valence-corrected chi connectivity index (χ1v) is 9.65. The first kappa shape index (κ1) is 17.9. The van der Waals surface area contributed by atoms with Crippen LogP contribution in [0.3, 0.4) is 0 Å². The highest BCUT2D eigenvalue weighted by Gasteiger charge is 2.27. The second-order valence-electron chi connectivity index (χ2n) is 7.48. The topological polar surface area (TPSA) is 86.5 Å². The molecule has 1 aromatic heterocycles. The van der Waals surface area contributed by atoms with E-state index in [-0.39, 0.29) is 18.0 Å². The van der Waals surface area contributed by atoms with Crippen LogP contribution in [0.5, 0.6) is 0 Å². The fourth-order valence-electron chi connectivity index (χ4n) is 3.49. The van der Waals surface area contributed by atoms with Crippen molar-refractivity contribution in [1.82, 2.24) is 15.2 Å². The zero-order valence-electron chi connectivity index (χ0n) is 15.6. The molecule has 1 atom stereocenters. The van der Waals surface area contributed by atoms with E-state index < -0.39 is 0 Å². The molecule has 3 amide bonds. The van der Waals surface area contributed by atoms with Gasteiger partial charge in [0.25, 0.3) is 5.91 Å². The number of fused-ring (bicyclic) bond motifs is 1. The number of hydrogen-bond acceptors (Lipinski definition) is 3. The van der Waals surface area contributed by atoms with Crippen molar-refractivity contribution in [1.29, 1.82) is 0 Å². The second-order valence-corrected chi connectivity index (χ2v) is 7.48. The van der Waals surface area contributed by atoms with Crippen LogP contribution in [0.1, 0.15) is 36.2 Å². The fraction of sp³-hybridized carbons (Fsp3) is 0.500. The number of piperidine rings is 1. The van der Waals surface area contributed by atoms with Gasteiger partial charge in [-0.2, -0.15) is 0 Å². The molecule has 0 radical (unpaired) electrons. The highest BCUT2D eigenvalue weighted by molar-refractivity contribution is 5.99. The molecule has 7 heteroatoms. The number of anilines is 1. The van der Waals surface area contributed by atoms with Crippen molar-refractivity contribution < 1.29 is 14.3 Å². The van der Waals surface area contributed by atoms with Gasteiger partial charge in [-0.25, -0.2) is 4.79 Å². The molecule has 1 saturated carbocycles. The number of nitrogens with zero attached hydrogens (tertiary/aromatic N) is 1. The van der Waals surface area contributed by atoms with Gasteiger partial charge >= 0.3 is 6.03 Å². The number of H-pyrrole nitrogens is 1. The van der Waals surface area contributed by atoms with Gasteiger partial charge in [0.2, 0.25) is 0 Å². The first-order valence-electron chi connectivity index (χ1n) is 9.65. The van der Waals surface area contributed by atoms with Gasteiger partial charge in [-0.05, 0) is 55.9 Å². The predicted octanol–water partition coefficient (Wildman–Crippen LogP) is 2.95. The molecule has 4 rings (SSSR count). The van der Waals surface area contributed by atoms with Crippen LogP contribution in [0.15, 0.2) is 24.3 Å². The monoisotopic (exact) mass is 370 g/mol. The maximum Gasteiger partial charge on any atom is 0.321 e. The van der Waals surface area contributed by atoms with Gasteiger partial charge in [-0.15, -0.1) is 0 Å². The summed E-state index contributed by atoms with van der Waals surface area (Å²) in [5.41, 5.74) is 2.08. The Morgan fingerprint density at radius 1 is 1.26 bits per heavy atom. The van der Waals surface area contributed by atoms with E-state index in [1.54, 1.807) is 13.1 Å². The number of carbonyl (C=O) groups is 2. The summed E-state index contributed by atoms with van der Waals surface area (Å²) in [7, 11) is 1.60. The molecule has 1 aromatic carbocycles. The van der Waals surface area contributed by atoms with Crippen molar-refractivity contribution in [2.24, 2.45) is 5.92 Å². The summed E-state index contributed by atoms with van der Waals surface area (Å²) in [6.07, 6.45) is 4.69. The Hall–Kier alpha value is -2.54. The van der Waals surface area contributed by atoms with Crippen LogP contribution in [-0.2, 0) is 4.74 Å². The molecule has 1 saturated heterocycles. The van der Waals surface area contributed by atoms with Crippen molar-refractivity contribution in [2.45, 2.75) is 31.8 Å². The number of urea groups is 1. The van der Waals surface area contributed by atoms with Gasteiger partial charge in [-0.1, -0.05) is 0 Å².